The quantitative estimate of drug-likeness (QED) is 0.824. The fourth-order valence-corrected chi connectivity index (χ4v) is 1.99. The van der Waals surface area contributed by atoms with E-state index in [1.807, 2.05) is 7.05 Å². The summed E-state index contributed by atoms with van der Waals surface area (Å²) in [6, 6.07) is 5.20. The smallest absolute Gasteiger partial charge is 0.225 e. The molecule has 106 valence electrons. The van der Waals surface area contributed by atoms with E-state index < -0.39 is 0 Å². The predicted molar refractivity (Wildman–Crippen MR) is 82.1 cm³/mol. The molecule has 3 nitrogen and oxygen atoms in total. The highest BCUT2D eigenvalue weighted by atomic mass is 35.5. The zero-order chi connectivity index (χ0) is 14.3. The molecule has 0 aliphatic rings. The average Bonchev–Trinajstić information content (AvgIpc) is 2.39. The Balaban J connectivity index is 2.41. The Morgan fingerprint density at radius 3 is 2.74 bits per heavy atom. The molecule has 1 amide bonds. The van der Waals surface area contributed by atoms with Gasteiger partial charge < -0.3 is 10.2 Å². The van der Waals surface area contributed by atoms with Gasteiger partial charge in [0.1, 0.15) is 0 Å². The third-order valence-electron chi connectivity index (χ3n) is 2.84. The molecule has 0 fully saturated rings. The van der Waals surface area contributed by atoms with Crippen molar-refractivity contribution >= 4 is 34.8 Å². The van der Waals surface area contributed by atoms with Crippen LogP contribution >= 0.6 is 23.2 Å². The molecule has 0 bridgehead atoms. The van der Waals surface area contributed by atoms with Gasteiger partial charge in [-0.15, -0.1) is 0 Å². The minimum absolute atomic E-state index is 0.0486. The second-order valence-corrected chi connectivity index (χ2v) is 5.34. The van der Waals surface area contributed by atoms with Gasteiger partial charge in [-0.25, -0.2) is 0 Å². The molecule has 0 radical (unpaired) electrons. The molecule has 0 unspecified atom stereocenters. The van der Waals surface area contributed by atoms with Gasteiger partial charge in [0, 0.05) is 13.0 Å². The van der Waals surface area contributed by atoms with Crippen molar-refractivity contribution in [2.45, 2.75) is 26.2 Å². The van der Waals surface area contributed by atoms with Crippen LogP contribution in [0.3, 0.4) is 0 Å². The van der Waals surface area contributed by atoms with Crippen LogP contribution in [-0.2, 0) is 4.79 Å². The molecule has 0 aliphatic carbocycles. The first-order valence-electron chi connectivity index (χ1n) is 6.47. The minimum Gasteiger partial charge on any atom is -0.325 e. The molecular weight excluding hydrogens is 283 g/mol. The summed E-state index contributed by atoms with van der Waals surface area (Å²) in [6.45, 7) is 3.91. The van der Waals surface area contributed by atoms with Gasteiger partial charge in [-0.3, -0.25) is 4.79 Å². The van der Waals surface area contributed by atoms with Crippen LogP contribution in [0.2, 0.25) is 10.0 Å². The lowest BCUT2D eigenvalue weighted by Gasteiger charge is -2.15. The molecular formula is C14H20Cl2N2O. The first kappa shape index (κ1) is 16.3. The van der Waals surface area contributed by atoms with E-state index in [1.165, 1.54) is 0 Å². The number of hydrogen-bond acceptors (Lipinski definition) is 2. The molecule has 1 N–H and O–H groups in total. The molecule has 0 saturated heterocycles. The van der Waals surface area contributed by atoms with Crippen LogP contribution in [0.1, 0.15) is 26.2 Å². The van der Waals surface area contributed by atoms with Crippen LogP contribution < -0.4 is 5.32 Å². The largest absolute Gasteiger partial charge is 0.325 e. The summed E-state index contributed by atoms with van der Waals surface area (Å²) in [6.07, 6.45) is 2.76. The molecule has 0 aliphatic heterocycles. The lowest BCUT2D eigenvalue weighted by atomic mass is 10.3. The summed E-state index contributed by atoms with van der Waals surface area (Å²) in [5.41, 5.74) is 0.565. The molecule has 0 heterocycles. The van der Waals surface area contributed by atoms with E-state index in [0.29, 0.717) is 22.2 Å². The third-order valence-corrected chi connectivity index (χ3v) is 3.66. The van der Waals surface area contributed by atoms with E-state index in [9.17, 15) is 4.79 Å². The van der Waals surface area contributed by atoms with Crippen molar-refractivity contribution in [1.82, 2.24) is 4.90 Å². The SMILES string of the molecule is CCCCN(C)CCC(=O)Nc1cccc(Cl)c1Cl. The van der Waals surface area contributed by atoms with Crippen molar-refractivity contribution in [2.75, 3.05) is 25.5 Å². The topological polar surface area (TPSA) is 32.3 Å². The zero-order valence-electron chi connectivity index (χ0n) is 11.4. The van der Waals surface area contributed by atoms with Crippen molar-refractivity contribution in [3.63, 3.8) is 0 Å². The van der Waals surface area contributed by atoms with Crippen LogP contribution in [0, 0.1) is 0 Å². The Morgan fingerprint density at radius 2 is 2.05 bits per heavy atom. The van der Waals surface area contributed by atoms with Crippen molar-refractivity contribution in [3.8, 4) is 0 Å². The maximum absolute atomic E-state index is 11.8. The molecule has 19 heavy (non-hydrogen) atoms. The zero-order valence-corrected chi connectivity index (χ0v) is 12.9. The van der Waals surface area contributed by atoms with Crippen molar-refractivity contribution in [3.05, 3.63) is 28.2 Å². The van der Waals surface area contributed by atoms with E-state index in [2.05, 4.69) is 17.1 Å². The number of halogens is 2. The Labute approximate surface area is 124 Å². The molecule has 0 atom stereocenters. The number of nitrogens with zero attached hydrogens (tertiary/aromatic N) is 1. The van der Waals surface area contributed by atoms with Gasteiger partial charge >= 0.3 is 0 Å². The van der Waals surface area contributed by atoms with E-state index in [0.717, 1.165) is 25.9 Å². The molecule has 0 spiro atoms. The number of nitrogens with one attached hydrogen (secondary N) is 1. The number of anilines is 1. The maximum Gasteiger partial charge on any atom is 0.225 e. The Hall–Kier alpha value is -0.770. The summed E-state index contributed by atoms with van der Waals surface area (Å²) >= 11 is 11.9. The second-order valence-electron chi connectivity index (χ2n) is 4.56. The summed E-state index contributed by atoms with van der Waals surface area (Å²) in [5, 5.41) is 3.61. The molecule has 0 aromatic heterocycles. The van der Waals surface area contributed by atoms with E-state index >= 15 is 0 Å². The maximum atomic E-state index is 11.8. The van der Waals surface area contributed by atoms with E-state index in [-0.39, 0.29) is 5.91 Å². The van der Waals surface area contributed by atoms with Crippen LogP contribution in [0.5, 0.6) is 0 Å². The fraction of sp³-hybridized carbons (Fsp3) is 0.500. The van der Waals surface area contributed by atoms with E-state index in [4.69, 9.17) is 23.2 Å². The number of carbonyl (C=O) groups excluding carboxylic acids is 1. The summed E-state index contributed by atoms with van der Waals surface area (Å²) in [5.74, 6) is -0.0486. The number of hydrogen-bond donors (Lipinski definition) is 1. The van der Waals surface area contributed by atoms with E-state index in [1.54, 1.807) is 18.2 Å². The van der Waals surface area contributed by atoms with Gasteiger partial charge in [0.2, 0.25) is 5.91 Å². The van der Waals surface area contributed by atoms with Gasteiger partial charge in [0.05, 0.1) is 15.7 Å². The fourth-order valence-electron chi connectivity index (χ4n) is 1.65. The highest BCUT2D eigenvalue weighted by molar-refractivity contribution is 6.43. The molecule has 5 heteroatoms. The number of rotatable bonds is 7. The summed E-state index contributed by atoms with van der Waals surface area (Å²) < 4.78 is 0. The van der Waals surface area contributed by atoms with Crippen molar-refractivity contribution < 1.29 is 4.79 Å². The standard InChI is InChI=1S/C14H20Cl2N2O/c1-3-4-9-18(2)10-8-13(19)17-12-7-5-6-11(15)14(12)16/h5-7H,3-4,8-10H2,1-2H3,(H,17,19). The second kappa shape index (κ2) is 8.41. The normalized spacial score (nSPS) is 10.8. The number of amides is 1. The van der Waals surface area contributed by atoms with Crippen LogP contribution in [0.25, 0.3) is 0 Å². The highest BCUT2D eigenvalue weighted by Crippen LogP contribution is 2.29. The van der Waals surface area contributed by atoms with Gasteiger partial charge in [-0.05, 0) is 32.1 Å². The van der Waals surface area contributed by atoms with Crippen molar-refractivity contribution in [2.24, 2.45) is 0 Å². The van der Waals surface area contributed by atoms with Crippen LogP contribution in [-0.4, -0.2) is 30.9 Å². The van der Waals surface area contributed by atoms with Gasteiger partial charge in [0.25, 0.3) is 0 Å². The average molecular weight is 303 g/mol. The van der Waals surface area contributed by atoms with Gasteiger partial charge in [-0.2, -0.15) is 0 Å². The number of benzene rings is 1. The van der Waals surface area contributed by atoms with Crippen LogP contribution in [0.4, 0.5) is 5.69 Å². The number of unbranched alkanes of at least 4 members (excludes halogenated alkanes) is 1. The lowest BCUT2D eigenvalue weighted by molar-refractivity contribution is -0.116. The third kappa shape index (κ3) is 5.81. The molecule has 1 rings (SSSR count). The Morgan fingerprint density at radius 1 is 1.32 bits per heavy atom. The first-order valence-corrected chi connectivity index (χ1v) is 7.22. The Kier molecular flexibility index (Phi) is 7.21. The predicted octanol–water partition coefficient (Wildman–Crippen LogP) is 4.05. The Bertz CT molecular complexity index is 424. The summed E-state index contributed by atoms with van der Waals surface area (Å²) in [4.78, 5) is 14.0. The highest BCUT2D eigenvalue weighted by Gasteiger charge is 2.09. The molecule has 1 aromatic rings. The monoisotopic (exact) mass is 302 g/mol. The molecule has 1 aromatic carbocycles. The summed E-state index contributed by atoms with van der Waals surface area (Å²) in [7, 11) is 2.02. The van der Waals surface area contributed by atoms with Gasteiger partial charge in [0.15, 0.2) is 0 Å². The van der Waals surface area contributed by atoms with Crippen molar-refractivity contribution in [1.29, 1.82) is 0 Å². The molecule has 0 saturated carbocycles. The first-order chi connectivity index (χ1) is 9.04. The minimum atomic E-state index is -0.0486. The van der Waals surface area contributed by atoms with Gasteiger partial charge in [-0.1, -0.05) is 42.6 Å². The number of carbonyl (C=O) groups is 1. The van der Waals surface area contributed by atoms with Crippen LogP contribution in [0.15, 0.2) is 18.2 Å². The lowest BCUT2D eigenvalue weighted by Crippen LogP contribution is -2.25.